The highest BCUT2D eigenvalue weighted by molar-refractivity contribution is 6.14. The van der Waals surface area contributed by atoms with Crippen LogP contribution in [0.25, 0.3) is 77.2 Å². The summed E-state index contributed by atoms with van der Waals surface area (Å²) in [5.74, 6) is 1.37. The van der Waals surface area contributed by atoms with Crippen LogP contribution in [0.5, 0.6) is 0 Å². The molecule has 4 aromatic heterocycles. The van der Waals surface area contributed by atoms with Gasteiger partial charge in [0, 0.05) is 32.7 Å². The monoisotopic (exact) mass is 782 g/mol. The molecule has 4 heterocycles. The van der Waals surface area contributed by atoms with Crippen molar-refractivity contribution in [2.45, 2.75) is 79.1 Å². The van der Waals surface area contributed by atoms with Gasteiger partial charge >= 0.3 is 0 Å². The van der Waals surface area contributed by atoms with Crippen LogP contribution in [0.1, 0.15) is 75.9 Å². The number of pyridine rings is 2. The normalized spacial score (nSPS) is 12.2. The standard InChI is InChI=1S/C56H54N4/c1-5-37(6-2)33-39-27-31-51-47(35-39)43-23-15-17-25-45(43)55-57-49(53(59(51)55)41-19-11-9-12-20-41)29-30-50-54(42-21-13-10-14-22-42)60-52-32-28-40(34-38(7-3)8-4)36-48(52)44-24-16-18-26-46(44)56(60)58-50/h9-28,31-32,35-38H,5-8,29-30,33-34H2,1-4H3. The number of aryl methyl sites for hydroxylation is 2. The molecule has 0 atom stereocenters. The molecule has 60 heavy (non-hydrogen) atoms. The fraction of sp³-hybridized carbons (Fsp3) is 0.250. The van der Waals surface area contributed by atoms with Crippen molar-refractivity contribution < 1.29 is 0 Å². The Bertz CT molecular complexity index is 2930. The third-order valence-corrected chi connectivity index (χ3v) is 13.5. The van der Waals surface area contributed by atoms with Crippen LogP contribution in [0.2, 0.25) is 0 Å². The molecule has 0 unspecified atom stereocenters. The van der Waals surface area contributed by atoms with Gasteiger partial charge in [-0.3, -0.25) is 8.80 Å². The number of rotatable bonds is 13. The Kier molecular flexibility index (Phi) is 10.2. The molecule has 0 N–H and O–H groups in total. The largest absolute Gasteiger partial charge is 0.291 e. The molecule has 298 valence electrons. The summed E-state index contributed by atoms with van der Waals surface area (Å²) in [7, 11) is 0. The Balaban J connectivity index is 1.18. The summed E-state index contributed by atoms with van der Waals surface area (Å²) >= 11 is 0. The van der Waals surface area contributed by atoms with E-state index in [0.717, 1.165) is 48.4 Å². The third kappa shape index (κ3) is 6.54. The summed E-state index contributed by atoms with van der Waals surface area (Å²) in [5, 5.41) is 7.47. The van der Waals surface area contributed by atoms with Crippen molar-refractivity contribution in [2.75, 3.05) is 0 Å². The summed E-state index contributed by atoms with van der Waals surface area (Å²) in [6.45, 7) is 9.27. The Labute approximate surface area is 353 Å². The molecule has 10 rings (SSSR count). The van der Waals surface area contributed by atoms with Gasteiger partial charge in [0.1, 0.15) is 11.3 Å². The Morgan fingerprint density at radius 1 is 0.400 bits per heavy atom. The van der Waals surface area contributed by atoms with E-state index in [4.69, 9.17) is 9.97 Å². The van der Waals surface area contributed by atoms with E-state index in [1.807, 2.05) is 0 Å². The highest BCUT2D eigenvalue weighted by atomic mass is 15.0. The maximum Gasteiger partial charge on any atom is 0.145 e. The fourth-order valence-electron chi connectivity index (χ4n) is 10.0. The average Bonchev–Trinajstić information content (AvgIpc) is 3.90. The highest BCUT2D eigenvalue weighted by Crippen LogP contribution is 2.39. The van der Waals surface area contributed by atoms with E-state index in [1.54, 1.807) is 0 Å². The molecule has 0 aliphatic heterocycles. The van der Waals surface area contributed by atoms with Crippen molar-refractivity contribution in [1.29, 1.82) is 0 Å². The van der Waals surface area contributed by atoms with Crippen molar-refractivity contribution in [3.63, 3.8) is 0 Å². The van der Waals surface area contributed by atoms with Crippen molar-refractivity contribution >= 4 is 54.6 Å². The molecule has 0 radical (unpaired) electrons. The minimum atomic E-state index is 0.686. The molecule has 0 bridgehead atoms. The van der Waals surface area contributed by atoms with E-state index in [1.165, 1.54) is 103 Å². The molecular weight excluding hydrogens is 729 g/mol. The van der Waals surface area contributed by atoms with Crippen molar-refractivity contribution in [2.24, 2.45) is 11.8 Å². The first-order chi connectivity index (χ1) is 29.6. The van der Waals surface area contributed by atoms with E-state index >= 15 is 0 Å². The fourth-order valence-corrected chi connectivity index (χ4v) is 10.0. The highest BCUT2D eigenvalue weighted by Gasteiger charge is 2.24. The van der Waals surface area contributed by atoms with Crippen LogP contribution in [-0.4, -0.2) is 18.8 Å². The molecular formula is C56H54N4. The number of fused-ring (bicyclic) bond motifs is 12. The molecule has 0 amide bonds. The smallest absolute Gasteiger partial charge is 0.145 e. The van der Waals surface area contributed by atoms with Crippen molar-refractivity contribution in [1.82, 2.24) is 18.8 Å². The summed E-state index contributed by atoms with van der Waals surface area (Å²) in [6, 6.07) is 53.8. The van der Waals surface area contributed by atoms with Gasteiger partial charge in [-0.05, 0) is 83.7 Å². The molecule has 0 fully saturated rings. The Hall–Kier alpha value is -6.26. The lowest BCUT2D eigenvalue weighted by Crippen LogP contribution is -2.02. The maximum atomic E-state index is 5.61. The number of imidazole rings is 2. The van der Waals surface area contributed by atoms with Crippen LogP contribution in [-0.2, 0) is 25.7 Å². The zero-order valence-corrected chi connectivity index (χ0v) is 35.5. The zero-order valence-electron chi connectivity index (χ0n) is 35.5. The van der Waals surface area contributed by atoms with Gasteiger partial charge in [-0.2, -0.15) is 0 Å². The van der Waals surface area contributed by atoms with E-state index in [2.05, 4.69) is 182 Å². The first-order valence-electron chi connectivity index (χ1n) is 22.4. The lowest BCUT2D eigenvalue weighted by atomic mass is 9.93. The summed E-state index contributed by atoms with van der Waals surface area (Å²) in [5.41, 5.74) is 14.1. The second-order valence-electron chi connectivity index (χ2n) is 16.9. The molecule has 4 nitrogen and oxygen atoms in total. The van der Waals surface area contributed by atoms with Crippen LogP contribution in [0.15, 0.2) is 146 Å². The summed E-state index contributed by atoms with van der Waals surface area (Å²) in [6.07, 6.45) is 8.47. The van der Waals surface area contributed by atoms with Gasteiger partial charge in [0.2, 0.25) is 0 Å². The van der Waals surface area contributed by atoms with Crippen LogP contribution in [0, 0.1) is 11.8 Å². The Morgan fingerprint density at radius 2 is 0.767 bits per heavy atom. The second kappa shape index (κ2) is 16.1. The zero-order chi connectivity index (χ0) is 40.7. The topological polar surface area (TPSA) is 34.6 Å². The number of benzene rings is 6. The van der Waals surface area contributed by atoms with Crippen LogP contribution in [0.3, 0.4) is 0 Å². The van der Waals surface area contributed by atoms with Gasteiger partial charge in [0.15, 0.2) is 0 Å². The SMILES string of the molecule is CCC(CC)Cc1ccc2c(c1)c1ccccc1c1nc(CCc3nc4c5ccccc5c5cc(CC(CC)CC)ccc5n4c3-c3ccccc3)c(-c3ccccc3)n21. The maximum absolute atomic E-state index is 5.61. The van der Waals surface area contributed by atoms with Gasteiger partial charge in [-0.25, -0.2) is 9.97 Å². The minimum absolute atomic E-state index is 0.686. The van der Waals surface area contributed by atoms with Gasteiger partial charge in [0.25, 0.3) is 0 Å². The third-order valence-electron chi connectivity index (χ3n) is 13.5. The van der Waals surface area contributed by atoms with E-state index in [9.17, 15) is 0 Å². The molecule has 10 aromatic rings. The summed E-state index contributed by atoms with van der Waals surface area (Å²) in [4.78, 5) is 11.2. The van der Waals surface area contributed by atoms with E-state index in [0.29, 0.717) is 11.8 Å². The predicted octanol–water partition coefficient (Wildman–Crippen LogP) is 14.7. The molecule has 0 saturated carbocycles. The lowest BCUT2D eigenvalue weighted by molar-refractivity contribution is 0.491. The van der Waals surface area contributed by atoms with Crippen LogP contribution in [0.4, 0.5) is 0 Å². The number of hydrogen-bond donors (Lipinski definition) is 0. The molecule has 0 aliphatic carbocycles. The lowest BCUT2D eigenvalue weighted by Gasteiger charge is -2.15. The van der Waals surface area contributed by atoms with Crippen LogP contribution >= 0.6 is 0 Å². The number of nitrogens with zero attached hydrogens (tertiary/aromatic N) is 4. The predicted molar refractivity (Wildman–Crippen MR) is 254 cm³/mol. The summed E-state index contributed by atoms with van der Waals surface area (Å²) < 4.78 is 4.90. The first-order valence-corrected chi connectivity index (χ1v) is 22.4. The van der Waals surface area contributed by atoms with Crippen molar-refractivity contribution in [3.8, 4) is 22.5 Å². The molecule has 0 aliphatic rings. The first kappa shape index (κ1) is 38.0. The molecule has 0 spiro atoms. The van der Waals surface area contributed by atoms with Crippen molar-refractivity contribution in [3.05, 3.63) is 168 Å². The van der Waals surface area contributed by atoms with E-state index < -0.39 is 0 Å². The molecule has 0 saturated heterocycles. The number of aromatic nitrogens is 4. The molecule has 6 aromatic carbocycles. The van der Waals surface area contributed by atoms with Crippen LogP contribution < -0.4 is 0 Å². The van der Waals surface area contributed by atoms with Gasteiger partial charge in [-0.1, -0.05) is 175 Å². The second-order valence-corrected chi connectivity index (χ2v) is 16.9. The van der Waals surface area contributed by atoms with Gasteiger partial charge in [-0.15, -0.1) is 0 Å². The van der Waals surface area contributed by atoms with Gasteiger partial charge in [0.05, 0.1) is 33.8 Å². The van der Waals surface area contributed by atoms with E-state index in [-0.39, 0.29) is 0 Å². The quantitative estimate of drug-likeness (QED) is 0.109. The number of hydrogen-bond acceptors (Lipinski definition) is 2. The Morgan fingerprint density at radius 3 is 1.15 bits per heavy atom. The molecule has 4 heteroatoms. The van der Waals surface area contributed by atoms with Gasteiger partial charge < -0.3 is 0 Å². The average molecular weight is 783 g/mol. The minimum Gasteiger partial charge on any atom is -0.291 e.